The van der Waals surface area contributed by atoms with Crippen molar-refractivity contribution in [2.24, 2.45) is 18.7 Å². The van der Waals surface area contributed by atoms with E-state index in [1.165, 1.54) is 15.6 Å². The van der Waals surface area contributed by atoms with Crippen LogP contribution in [0.2, 0.25) is 5.02 Å². The molecule has 0 bridgehead atoms. The molecule has 74 heavy (non-hydrogen) atoms. The number of aliphatic hydroxyl groups excluding tert-OH is 1. The fourth-order valence-corrected chi connectivity index (χ4v) is 12.4. The zero-order chi connectivity index (χ0) is 52.2. The van der Waals surface area contributed by atoms with Gasteiger partial charge in [0.25, 0.3) is 11.8 Å². The number of hydrogen-bond acceptors (Lipinski definition) is 11. The molecule has 0 spiro atoms. The molecule has 16 nitrogen and oxygen atoms in total. The largest absolute Gasteiger partial charge is 0.480 e. The summed E-state index contributed by atoms with van der Waals surface area (Å²) in [4.78, 5) is 60.5. The van der Waals surface area contributed by atoms with Gasteiger partial charge in [0.2, 0.25) is 11.8 Å². The maximum absolute atomic E-state index is 16.4. The van der Waals surface area contributed by atoms with Crippen LogP contribution in [0.15, 0.2) is 48.7 Å². The second kappa shape index (κ2) is 20.8. The Kier molecular flexibility index (Phi) is 14.3. The second-order valence-electron chi connectivity index (χ2n) is 20.1. The Balaban J connectivity index is 0.758. The van der Waals surface area contributed by atoms with Crippen LogP contribution in [0.4, 0.5) is 28.2 Å². The number of pyridine rings is 1. The number of hydrogen-bond donors (Lipinski definition) is 4. The summed E-state index contributed by atoms with van der Waals surface area (Å²) < 4.78 is 77.9. The predicted molar refractivity (Wildman–Crippen MR) is 266 cm³/mol. The van der Waals surface area contributed by atoms with Gasteiger partial charge in [-0.2, -0.15) is 5.10 Å². The number of nitrogens with zero attached hydrogens (tertiary/aromatic N) is 6. The topological polar surface area (TPSA) is 197 Å². The summed E-state index contributed by atoms with van der Waals surface area (Å²) >= 11 is 6.69. The van der Waals surface area contributed by atoms with Gasteiger partial charge in [0.05, 0.1) is 22.6 Å². The average Bonchev–Trinajstić information content (AvgIpc) is 3.88. The SMILES string of the molecule is C[C@H]1c2c(cc(F)c(Cl)c2-c2c(C(N)=O)cnc(OCCO)c2F)O[C@]1(CNC1CCC(C(=O)N2CCC(N3CCC(c4c(F)cc5c(N6CCC(=O)NC6=O)nn(C)c5c4F)CC3)CC2)CC1)c1ccccc1. The molecule has 0 radical (unpaired) electrons. The lowest BCUT2D eigenvalue weighted by Crippen LogP contribution is -2.51. The van der Waals surface area contributed by atoms with E-state index in [1.807, 2.05) is 42.2 Å². The number of likely N-dealkylation sites (tertiary alicyclic amines) is 2. The molecule has 21 heteroatoms. The summed E-state index contributed by atoms with van der Waals surface area (Å²) in [6, 6.07) is 11.4. The number of aliphatic hydroxyl groups is 1. The van der Waals surface area contributed by atoms with Crippen molar-refractivity contribution >= 4 is 52.1 Å². The Morgan fingerprint density at radius 2 is 1.65 bits per heavy atom. The minimum atomic E-state index is -1.15. The number of aromatic nitrogens is 3. The summed E-state index contributed by atoms with van der Waals surface area (Å²) in [5, 5.41) is 19.4. The Morgan fingerprint density at radius 3 is 2.32 bits per heavy atom. The third kappa shape index (κ3) is 9.21. The lowest BCUT2D eigenvalue weighted by molar-refractivity contribution is -0.138. The third-order valence-electron chi connectivity index (χ3n) is 16.0. The third-order valence-corrected chi connectivity index (χ3v) is 16.4. The number of benzene rings is 3. The molecule has 392 valence electrons. The molecular weight excluding hydrogens is 986 g/mol. The van der Waals surface area contributed by atoms with Gasteiger partial charge in [-0.25, -0.2) is 27.3 Å². The van der Waals surface area contributed by atoms with E-state index < -0.39 is 75.7 Å². The molecule has 6 heterocycles. The van der Waals surface area contributed by atoms with Crippen LogP contribution in [0.3, 0.4) is 0 Å². The van der Waals surface area contributed by atoms with Crippen molar-refractivity contribution in [3.05, 3.63) is 99.2 Å². The number of carbonyl (C=O) groups is 4. The van der Waals surface area contributed by atoms with Gasteiger partial charge in [-0.05, 0) is 82.0 Å². The predicted octanol–water partition coefficient (Wildman–Crippen LogP) is 7.17. The van der Waals surface area contributed by atoms with Gasteiger partial charge >= 0.3 is 6.03 Å². The smallest absolute Gasteiger partial charge is 0.329 e. The quantitative estimate of drug-likeness (QED) is 0.0873. The number of primary amides is 1. The van der Waals surface area contributed by atoms with Gasteiger partial charge in [-0.15, -0.1) is 0 Å². The normalized spacial score (nSPS) is 23.0. The zero-order valence-electron chi connectivity index (χ0n) is 41.1. The van der Waals surface area contributed by atoms with E-state index in [9.17, 15) is 24.3 Å². The van der Waals surface area contributed by atoms with E-state index in [0.29, 0.717) is 70.3 Å². The Labute approximate surface area is 429 Å². The number of halogens is 5. The molecule has 4 fully saturated rings. The van der Waals surface area contributed by atoms with Crippen molar-refractivity contribution < 1.29 is 51.3 Å². The Morgan fingerprint density at radius 1 is 0.932 bits per heavy atom. The van der Waals surface area contributed by atoms with E-state index in [0.717, 1.165) is 30.7 Å². The average molecular weight is 1040 g/mol. The van der Waals surface area contributed by atoms with Gasteiger partial charge in [0.15, 0.2) is 23.1 Å². The van der Waals surface area contributed by atoms with Gasteiger partial charge in [-0.3, -0.25) is 29.3 Å². The fraction of sp³-hybridized carbons (Fsp3) is 0.472. The summed E-state index contributed by atoms with van der Waals surface area (Å²) in [6.45, 7) is 4.01. The number of amides is 5. The summed E-state index contributed by atoms with van der Waals surface area (Å²) in [6.07, 6.45) is 6.58. The van der Waals surface area contributed by atoms with Crippen molar-refractivity contribution in [2.75, 3.05) is 57.4 Å². The Hall–Kier alpha value is -6.35. The number of nitrogens with one attached hydrogen (secondary N) is 2. The van der Waals surface area contributed by atoms with Gasteiger partial charge in [0.1, 0.15) is 29.5 Å². The molecule has 4 aliphatic heterocycles. The van der Waals surface area contributed by atoms with Crippen molar-refractivity contribution in [1.29, 1.82) is 0 Å². The highest BCUT2D eigenvalue weighted by atomic mass is 35.5. The minimum Gasteiger partial charge on any atom is -0.480 e. The van der Waals surface area contributed by atoms with Crippen molar-refractivity contribution in [2.45, 2.75) is 94.2 Å². The van der Waals surface area contributed by atoms with Crippen LogP contribution in [0.5, 0.6) is 11.6 Å². The van der Waals surface area contributed by atoms with E-state index in [1.54, 1.807) is 7.05 Å². The minimum absolute atomic E-state index is 0.0132. The number of urea groups is 1. The molecule has 1 aliphatic carbocycles. The molecule has 5 aromatic rings. The zero-order valence-corrected chi connectivity index (χ0v) is 41.8. The number of rotatable bonds is 13. The van der Waals surface area contributed by atoms with Crippen LogP contribution in [0.1, 0.15) is 104 Å². The number of anilines is 1. The van der Waals surface area contributed by atoms with Crippen LogP contribution in [-0.4, -0.2) is 118 Å². The molecule has 0 unspecified atom stereocenters. The van der Waals surface area contributed by atoms with E-state index in [4.69, 9.17) is 26.8 Å². The number of piperidine rings is 2. The fourth-order valence-electron chi connectivity index (χ4n) is 12.2. The molecular formula is C53H58ClF4N9O7. The molecule has 2 atom stereocenters. The number of nitrogens with two attached hydrogens (primary N) is 1. The highest BCUT2D eigenvalue weighted by Crippen LogP contribution is 2.56. The molecule has 2 aromatic heterocycles. The molecule has 3 saturated heterocycles. The molecule has 5 amide bonds. The van der Waals surface area contributed by atoms with E-state index in [-0.39, 0.29) is 95.1 Å². The van der Waals surface area contributed by atoms with Crippen LogP contribution >= 0.6 is 11.6 Å². The molecule has 3 aromatic carbocycles. The summed E-state index contributed by atoms with van der Waals surface area (Å²) in [7, 11) is 1.55. The van der Waals surface area contributed by atoms with Gasteiger partial charge < -0.3 is 35.4 Å². The Bertz CT molecular complexity index is 3010. The van der Waals surface area contributed by atoms with E-state index >= 15 is 17.6 Å². The number of carbonyl (C=O) groups excluding carboxylic acids is 4. The molecule has 5 N–H and O–H groups in total. The van der Waals surface area contributed by atoms with Crippen molar-refractivity contribution in [3.63, 3.8) is 0 Å². The van der Waals surface area contributed by atoms with E-state index in [2.05, 4.69) is 25.6 Å². The highest BCUT2D eigenvalue weighted by Gasteiger charge is 2.50. The first-order valence-corrected chi connectivity index (χ1v) is 25.7. The first-order chi connectivity index (χ1) is 35.6. The van der Waals surface area contributed by atoms with Crippen LogP contribution in [0.25, 0.3) is 22.0 Å². The van der Waals surface area contributed by atoms with Gasteiger partial charge in [0, 0.05) is 98.1 Å². The molecule has 1 saturated carbocycles. The summed E-state index contributed by atoms with van der Waals surface area (Å²) in [5.74, 6) is -6.07. The maximum atomic E-state index is 16.4. The lowest BCUT2D eigenvalue weighted by atomic mass is 9.77. The number of fused-ring (bicyclic) bond motifs is 2. The number of ether oxygens (including phenoxy) is 2. The number of imide groups is 1. The van der Waals surface area contributed by atoms with Gasteiger partial charge in [-0.1, -0.05) is 48.9 Å². The lowest BCUT2D eigenvalue weighted by Gasteiger charge is -2.43. The maximum Gasteiger partial charge on any atom is 0.329 e. The van der Waals surface area contributed by atoms with Crippen LogP contribution in [0, 0.1) is 29.2 Å². The monoisotopic (exact) mass is 1040 g/mol. The van der Waals surface area contributed by atoms with Crippen molar-refractivity contribution in [3.8, 4) is 22.8 Å². The van der Waals surface area contributed by atoms with Crippen LogP contribution in [-0.2, 0) is 22.2 Å². The van der Waals surface area contributed by atoms with Crippen molar-refractivity contribution in [1.82, 2.24) is 35.2 Å². The second-order valence-corrected chi connectivity index (χ2v) is 20.5. The van der Waals surface area contributed by atoms with Crippen LogP contribution < -0.4 is 30.7 Å². The first kappa shape index (κ1) is 51.1. The standard InChI is InChI=1S/C53H58ClF4N9O7/c1-28-40-38(25-37(56)44(54)43(40)42-35(48(59)70)26-60-50(46(42)58)73-23-22-68)74-53(28,31-6-4-3-5-7-31)27-61-32-10-8-30(9-11-32)51(71)66-19-14-33(15-20-66)65-17-12-29(13-18-65)41-36(55)24-34-47(45(41)57)64(2)63-49(34)67-21-16-39(69)62-52(67)72/h3-7,24-26,28-30,32-33,61,68H,8-23,27H2,1-2H3,(H2,59,70)(H,62,69,72)/t28-,30?,32?,53-/m0/s1. The molecule has 10 rings (SSSR count). The summed E-state index contributed by atoms with van der Waals surface area (Å²) in [5.41, 5.74) is 4.96. The number of aryl methyl sites for hydroxylation is 1. The molecule has 5 aliphatic rings. The highest BCUT2D eigenvalue weighted by molar-refractivity contribution is 6.34. The first-order valence-electron chi connectivity index (χ1n) is 25.3.